The number of carbonyl (C=O) groups excluding carboxylic acids is 2. The minimum atomic E-state index is -0.506. The Morgan fingerprint density at radius 3 is 2.56 bits per heavy atom. The Kier molecular flexibility index (Phi) is 6.28. The van der Waals surface area contributed by atoms with Crippen LogP contribution in [0.15, 0.2) is 30.3 Å². The maximum atomic E-state index is 12.2. The summed E-state index contributed by atoms with van der Waals surface area (Å²) in [7, 11) is 1.73. The average molecular weight is 348 g/mol. The first-order valence-corrected chi connectivity index (χ1v) is 8.64. The molecule has 1 aliphatic rings. The van der Waals surface area contributed by atoms with Crippen molar-refractivity contribution in [2.75, 3.05) is 26.7 Å². The van der Waals surface area contributed by atoms with Gasteiger partial charge in [0.25, 0.3) is 0 Å². The average Bonchev–Trinajstić information content (AvgIpc) is 3.00. The van der Waals surface area contributed by atoms with Crippen molar-refractivity contribution in [2.45, 2.75) is 39.4 Å². The molecule has 6 nitrogen and oxygen atoms in total. The van der Waals surface area contributed by atoms with Crippen LogP contribution in [-0.4, -0.2) is 54.3 Å². The Bertz CT molecular complexity index is 583. The van der Waals surface area contributed by atoms with Crippen LogP contribution in [0.25, 0.3) is 0 Å². The molecule has 6 heteroatoms. The molecule has 2 rings (SSSR count). The van der Waals surface area contributed by atoms with Crippen LogP contribution in [0.5, 0.6) is 0 Å². The Labute approximate surface area is 149 Å². The number of ether oxygens (including phenoxy) is 2. The number of benzene rings is 1. The predicted molar refractivity (Wildman–Crippen MR) is 95.2 cm³/mol. The molecule has 1 aliphatic heterocycles. The van der Waals surface area contributed by atoms with Gasteiger partial charge in [0.05, 0.1) is 0 Å². The Hall–Kier alpha value is -2.24. The van der Waals surface area contributed by atoms with Crippen LogP contribution in [0.2, 0.25) is 0 Å². The number of rotatable bonds is 4. The lowest BCUT2D eigenvalue weighted by Gasteiger charge is -2.26. The molecule has 0 saturated carbocycles. The summed E-state index contributed by atoms with van der Waals surface area (Å²) in [6.45, 7) is 7.63. The van der Waals surface area contributed by atoms with E-state index in [2.05, 4.69) is 0 Å². The molecule has 0 N–H and O–H groups in total. The lowest BCUT2D eigenvalue weighted by Crippen LogP contribution is -2.38. The van der Waals surface area contributed by atoms with E-state index in [4.69, 9.17) is 9.47 Å². The molecule has 1 heterocycles. The van der Waals surface area contributed by atoms with Gasteiger partial charge in [0.15, 0.2) is 0 Å². The van der Waals surface area contributed by atoms with Gasteiger partial charge in [0.1, 0.15) is 12.2 Å². The van der Waals surface area contributed by atoms with Gasteiger partial charge in [0.2, 0.25) is 0 Å². The zero-order chi connectivity index (χ0) is 18.4. The summed E-state index contributed by atoms with van der Waals surface area (Å²) in [6, 6.07) is 9.62. The number of likely N-dealkylation sites (tertiary alicyclic amines) is 1. The summed E-state index contributed by atoms with van der Waals surface area (Å²) < 4.78 is 10.7. The highest BCUT2D eigenvalue weighted by Crippen LogP contribution is 2.19. The minimum absolute atomic E-state index is 0.238. The first-order chi connectivity index (χ1) is 11.7. The highest BCUT2D eigenvalue weighted by atomic mass is 16.6. The first-order valence-electron chi connectivity index (χ1n) is 8.64. The fraction of sp³-hybridized carbons (Fsp3) is 0.579. The summed E-state index contributed by atoms with van der Waals surface area (Å²) in [4.78, 5) is 27.5. The molecule has 0 aliphatic carbocycles. The monoisotopic (exact) mass is 348 g/mol. The van der Waals surface area contributed by atoms with E-state index in [1.54, 1.807) is 16.8 Å². The third-order valence-corrected chi connectivity index (χ3v) is 3.99. The van der Waals surface area contributed by atoms with Crippen LogP contribution in [0.3, 0.4) is 0 Å². The van der Waals surface area contributed by atoms with Crippen molar-refractivity contribution in [1.82, 2.24) is 9.80 Å². The van der Waals surface area contributed by atoms with E-state index >= 15 is 0 Å². The topological polar surface area (TPSA) is 59.1 Å². The number of hydrogen-bond donors (Lipinski definition) is 0. The second-order valence-corrected chi connectivity index (χ2v) is 7.50. The molecule has 0 bridgehead atoms. The van der Waals surface area contributed by atoms with Gasteiger partial charge in [-0.05, 0) is 38.7 Å². The smallest absolute Gasteiger partial charge is 0.410 e. The Balaban J connectivity index is 1.75. The predicted octanol–water partition coefficient (Wildman–Crippen LogP) is 3.51. The van der Waals surface area contributed by atoms with E-state index in [0.717, 1.165) is 12.0 Å². The number of hydrogen-bond acceptors (Lipinski definition) is 4. The lowest BCUT2D eigenvalue weighted by atomic mass is 10.1. The quantitative estimate of drug-likeness (QED) is 0.835. The van der Waals surface area contributed by atoms with Crippen molar-refractivity contribution >= 4 is 12.2 Å². The zero-order valence-electron chi connectivity index (χ0n) is 15.5. The standard InChI is InChI=1S/C19H28N2O4/c1-19(2,3)25-17(22)20(4)12-16-10-11-21(13-16)18(23)24-14-15-8-6-5-7-9-15/h5-9,16H,10-14H2,1-4H3. The SMILES string of the molecule is CN(CC1CCN(C(=O)OCc2ccccc2)C1)C(=O)OC(C)(C)C. The third kappa shape index (κ3) is 6.29. The number of amides is 2. The molecule has 1 saturated heterocycles. The second kappa shape index (κ2) is 8.23. The van der Waals surface area contributed by atoms with Crippen molar-refractivity contribution in [3.05, 3.63) is 35.9 Å². The van der Waals surface area contributed by atoms with Gasteiger partial charge >= 0.3 is 12.2 Å². The van der Waals surface area contributed by atoms with Crippen molar-refractivity contribution in [3.8, 4) is 0 Å². The fourth-order valence-corrected chi connectivity index (χ4v) is 2.76. The van der Waals surface area contributed by atoms with Crippen molar-refractivity contribution in [3.63, 3.8) is 0 Å². The molecule has 138 valence electrons. The number of nitrogens with zero attached hydrogens (tertiary/aromatic N) is 2. The maximum absolute atomic E-state index is 12.2. The first kappa shape index (κ1) is 19.1. The van der Waals surface area contributed by atoms with Crippen LogP contribution in [-0.2, 0) is 16.1 Å². The molecule has 25 heavy (non-hydrogen) atoms. The molecule has 0 aromatic heterocycles. The van der Waals surface area contributed by atoms with E-state index in [1.165, 1.54) is 0 Å². The molecule has 1 aromatic carbocycles. The fourth-order valence-electron chi connectivity index (χ4n) is 2.76. The molecule has 1 atom stereocenters. The van der Waals surface area contributed by atoms with E-state index in [1.807, 2.05) is 51.1 Å². The van der Waals surface area contributed by atoms with E-state index in [9.17, 15) is 9.59 Å². The summed E-state index contributed by atoms with van der Waals surface area (Å²) >= 11 is 0. The van der Waals surface area contributed by atoms with Crippen molar-refractivity contribution in [1.29, 1.82) is 0 Å². The molecular weight excluding hydrogens is 320 g/mol. The van der Waals surface area contributed by atoms with E-state index < -0.39 is 5.60 Å². The maximum Gasteiger partial charge on any atom is 0.410 e. The minimum Gasteiger partial charge on any atom is -0.445 e. The molecule has 2 amide bonds. The van der Waals surface area contributed by atoms with Gasteiger partial charge in [-0.2, -0.15) is 0 Å². The van der Waals surface area contributed by atoms with Gasteiger partial charge in [-0.25, -0.2) is 9.59 Å². The van der Waals surface area contributed by atoms with Gasteiger partial charge in [-0.3, -0.25) is 0 Å². The summed E-state index contributed by atoms with van der Waals surface area (Å²) in [5.74, 6) is 0.238. The van der Waals surface area contributed by atoms with Crippen molar-refractivity contribution < 1.29 is 19.1 Å². The van der Waals surface area contributed by atoms with Crippen LogP contribution >= 0.6 is 0 Å². The third-order valence-electron chi connectivity index (χ3n) is 3.99. The highest BCUT2D eigenvalue weighted by molar-refractivity contribution is 5.68. The van der Waals surface area contributed by atoms with Crippen LogP contribution < -0.4 is 0 Å². The molecule has 1 aromatic rings. The lowest BCUT2D eigenvalue weighted by molar-refractivity contribution is 0.0275. The summed E-state index contributed by atoms with van der Waals surface area (Å²) in [5.41, 5.74) is 0.463. The largest absolute Gasteiger partial charge is 0.445 e. The van der Waals surface area contributed by atoms with Gasteiger partial charge < -0.3 is 19.3 Å². The van der Waals surface area contributed by atoms with Crippen LogP contribution in [0.1, 0.15) is 32.8 Å². The Morgan fingerprint density at radius 2 is 1.92 bits per heavy atom. The molecule has 1 unspecified atom stereocenters. The van der Waals surface area contributed by atoms with Crippen molar-refractivity contribution in [2.24, 2.45) is 5.92 Å². The van der Waals surface area contributed by atoms with Crippen LogP contribution in [0, 0.1) is 5.92 Å². The van der Waals surface area contributed by atoms with Gasteiger partial charge in [0, 0.05) is 26.7 Å². The molecular formula is C19H28N2O4. The summed E-state index contributed by atoms with van der Waals surface area (Å²) in [6.07, 6.45) is 0.219. The van der Waals surface area contributed by atoms with Gasteiger partial charge in [-0.15, -0.1) is 0 Å². The van der Waals surface area contributed by atoms with Crippen LogP contribution in [0.4, 0.5) is 9.59 Å². The summed E-state index contributed by atoms with van der Waals surface area (Å²) in [5, 5.41) is 0. The molecule has 0 spiro atoms. The zero-order valence-corrected chi connectivity index (χ0v) is 15.5. The highest BCUT2D eigenvalue weighted by Gasteiger charge is 2.30. The number of carbonyl (C=O) groups is 2. The molecule has 0 radical (unpaired) electrons. The van der Waals surface area contributed by atoms with E-state index in [0.29, 0.717) is 19.6 Å². The normalized spacial score (nSPS) is 17.3. The second-order valence-electron chi connectivity index (χ2n) is 7.50. The van der Waals surface area contributed by atoms with E-state index in [-0.39, 0.29) is 24.7 Å². The van der Waals surface area contributed by atoms with Gasteiger partial charge in [-0.1, -0.05) is 30.3 Å². The molecule has 1 fully saturated rings. The Morgan fingerprint density at radius 1 is 1.24 bits per heavy atom.